The minimum absolute atomic E-state index is 0.0776. The van der Waals surface area contributed by atoms with Crippen LogP contribution in [0.1, 0.15) is 26.2 Å². The topological polar surface area (TPSA) is 87.7 Å². The van der Waals surface area contributed by atoms with Crippen LogP contribution >= 0.6 is 0 Å². The van der Waals surface area contributed by atoms with Gasteiger partial charge in [0.25, 0.3) is 0 Å². The van der Waals surface area contributed by atoms with Crippen molar-refractivity contribution >= 4 is 11.7 Å². The van der Waals surface area contributed by atoms with Crippen molar-refractivity contribution in [2.75, 3.05) is 0 Å². The molecule has 16 heavy (non-hydrogen) atoms. The highest BCUT2D eigenvalue weighted by Crippen LogP contribution is 2.20. The van der Waals surface area contributed by atoms with E-state index in [1.165, 1.54) is 0 Å². The Bertz CT molecular complexity index is 266. The van der Waals surface area contributed by atoms with Gasteiger partial charge >= 0.3 is 6.18 Å². The largest absolute Gasteiger partial charge is 0.409 e. The number of amides is 1. The van der Waals surface area contributed by atoms with Gasteiger partial charge in [-0.3, -0.25) is 4.79 Å². The fourth-order valence-electron chi connectivity index (χ4n) is 1.01. The number of hydrogen-bond donors (Lipinski definition) is 3. The van der Waals surface area contributed by atoms with Crippen molar-refractivity contribution < 1.29 is 23.2 Å². The van der Waals surface area contributed by atoms with Crippen molar-refractivity contribution in [3.8, 4) is 0 Å². The van der Waals surface area contributed by atoms with Gasteiger partial charge in [0.15, 0.2) is 0 Å². The van der Waals surface area contributed by atoms with Crippen LogP contribution in [0.4, 0.5) is 13.2 Å². The number of amidine groups is 1. The Hall–Kier alpha value is -1.47. The molecule has 0 aliphatic heterocycles. The first-order valence-electron chi connectivity index (χ1n) is 4.57. The fraction of sp³-hybridized carbons (Fsp3) is 0.750. The number of nitrogens with two attached hydrogens (primary N) is 1. The van der Waals surface area contributed by atoms with Gasteiger partial charge in [-0.2, -0.15) is 13.2 Å². The van der Waals surface area contributed by atoms with E-state index in [0.29, 0.717) is 0 Å². The predicted octanol–water partition coefficient (Wildman–Crippen LogP) is 0.970. The molecule has 5 nitrogen and oxygen atoms in total. The zero-order valence-corrected chi connectivity index (χ0v) is 8.71. The van der Waals surface area contributed by atoms with Gasteiger partial charge in [0, 0.05) is 18.9 Å². The molecule has 0 aromatic carbocycles. The number of nitrogens with one attached hydrogen (secondary N) is 1. The summed E-state index contributed by atoms with van der Waals surface area (Å²) < 4.78 is 35.3. The van der Waals surface area contributed by atoms with Crippen LogP contribution in [-0.4, -0.2) is 29.2 Å². The molecule has 0 heterocycles. The summed E-state index contributed by atoms with van der Waals surface area (Å²) in [4.78, 5) is 11.0. The second-order valence-corrected chi connectivity index (χ2v) is 3.38. The third kappa shape index (κ3) is 7.89. The lowest BCUT2D eigenvalue weighted by molar-refractivity contribution is -0.144. The summed E-state index contributed by atoms with van der Waals surface area (Å²) in [5.74, 6) is -0.806. The summed E-state index contributed by atoms with van der Waals surface area (Å²) in [6.45, 7) is 1.55. The van der Waals surface area contributed by atoms with E-state index >= 15 is 0 Å². The van der Waals surface area contributed by atoms with Gasteiger partial charge in [-0.05, 0) is 6.92 Å². The first-order chi connectivity index (χ1) is 7.24. The monoisotopic (exact) mass is 241 g/mol. The van der Waals surface area contributed by atoms with Crippen molar-refractivity contribution in [3.63, 3.8) is 0 Å². The van der Waals surface area contributed by atoms with E-state index in [0.717, 1.165) is 0 Å². The molecule has 0 bridgehead atoms. The van der Waals surface area contributed by atoms with Crippen LogP contribution in [0.25, 0.3) is 0 Å². The molecule has 0 saturated heterocycles. The van der Waals surface area contributed by atoms with E-state index in [1.54, 1.807) is 6.92 Å². The molecule has 0 radical (unpaired) electrons. The molecule has 0 aromatic rings. The Kier molecular flexibility index (Phi) is 5.62. The summed E-state index contributed by atoms with van der Waals surface area (Å²) >= 11 is 0. The second kappa shape index (κ2) is 6.19. The summed E-state index contributed by atoms with van der Waals surface area (Å²) in [6.07, 6.45) is -6.04. The summed E-state index contributed by atoms with van der Waals surface area (Å²) in [6, 6.07) is -0.475. The Morgan fingerprint density at radius 2 is 2.12 bits per heavy atom. The fourth-order valence-corrected chi connectivity index (χ4v) is 1.01. The molecule has 1 atom stereocenters. The minimum atomic E-state index is -4.34. The lowest BCUT2D eigenvalue weighted by Gasteiger charge is -2.13. The molecule has 1 unspecified atom stereocenters. The Morgan fingerprint density at radius 1 is 1.56 bits per heavy atom. The van der Waals surface area contributed by atoms with Crippen molar-refractivity contribution in [1.29, 1.82) is 0 Å². The van der Waals surface area contributed by atoms with Crippen LogP contribution in [0.15, 0.2) is 5.16 Å². The third-order valence-electron chi connectivity index (χ3n) is 1.69. The van der Waals surface area contributed by atoms with E-state index in [1.807, 2.05) is 0 Å². The molecule has 0 rings (SSSR count). The van der Waals surface area contributed by atoms with E-state index in [-0.39, 0.29) is 12.3 Å². The van der Waals surface area contributed by atoms with E-state index in [9.17, 15) is 18.0 Å². The van der Waals surface area contributed by atoms with Gasteiger partial charge in [0.05, 0.1) is 6.42 Å². The second-order valence-electron chi connectivity index (χ2n) is 3.38. The van der Waals surface area contributed by atoms with Crippen molar-refractivity contribution in [2.45, 2.75) is 38.4 Å². The summed E-state index contributed by atoms with van der Waals surface area (Å²) in [5.41, 5.74) is 5.16. The first-order valence-corrected chi connectivity index (χ1v) is 4.57. The maximum Gasteiger partial charge on any atom is 0.389 e. The smallest absolute Gasteiger partial charge is 0.389 e. The molecule has 0 aliphatic carbocycles. The standard InChI is InChI=1S/C8H14F3N3O2/c1-5(4-6(12)14-16)13-7(15)2-3-8(9,10)11/h5,16H,2-4H2,1H3,(H2,12,14)(H,13,15). The van der Waals surface area contributed by atoms with Crippen molar-refractivity contribution in [2.24, 2.45) is 10.9 Å². The molecule has 0 saturated carbocycles. The van der Waals surface area contributed by atoms with E-state index in [2.05, 4.69) is 10.5 Å². The lowest BCUT2D eigenvalue weighted by Crippen LogP contribution is -2.36. The summed E-state index contributed by atoms with van der Waals surface area (Å²) in [7, 11) is 0. The van der Waals surface area contributed by atoms with E-state index < -0.39 is 31.0 Å². The molecular weight excluding hydrogens is 227 g/mol. The maximum atomic E-state index is 11.8. The number of halogens is 3. The van der Waals surface area contributed by atoms with Crippen molar-refractivity contribution in [1.82, 2.24) is 5.32 Å². The predicted molar refractivity (Wildman–Crippen MR) is 50.9 cm³/mol. The molecule has 0 fully saturated rings. The van der Waals surface area contributed by atoms with Crippen LogP contribution in [0.3, 0.4) is 0 Å². The zero-order valence-electron chi connectivity index (χ0n) is 8.71. The molecule has 94 valence electrons. The zero-order chi connectivity index (χ0) is 12.8. The third-order valence-corrected chi connectivity index (χ3v) is 1.69. The average molecular weight is 241 g/mol. The molecule has 8 heteroatoms. The van der Waals surface area contributed by atoms with Crippen LogP contribution in [0, 0.1) is 0 Å². The molecule has 0 aliphatic rings. The molecule has 0 spiro atoms. The van der Waals surface area contributed by atoms with Gasteiger partial charge in [-0.1, -0.05) is 5.16 Å². The number of carbonyl (C=O) groups is 1. The Morgan fingerprint density at radius 3 is 2.56 bits per heavy atom. The van der Waals surface area contributed by atoms with Crippen molar-refractivity contribution in [3.05, 3.63) is 0 Å². The lowest BCUT2D eigenvalue weighted by atomic mass is 10.2. The average Bonchev–Trinajstić information content (AvgIpc) is 2.13. The highest BCUT2D eigenvalue weighted by Gasteiger charge is 2.28. The van der Waals surface area contributed by atoms with Gasteiger partial charge in [0.2, 0.25) is 5.91 Å². The number of carbonyl (C=O) groups excluding carboxylic acids is 1. The summed E-state index contributed by atoms with van der Waals surface area (Å²) in [5, 5.41) is 13.2. The first kappa shape index (κ1) is 14.5. The number of oxime groups is 1. The normalized spacial score (nSPS) is 14.6. The number of rotatable bonds is 5. The minimum Gasteiger partial charge on any atom is -0.409 e. The Labute approximate surface area is 90.5 Å². The van der Waals surface area contributed by atoms with Gasteiger partial charge in [0.1, 0.15) is 5.84 Å². The van der Waals surface area contributed by atoms with Crippen LogP contribution < -0.4 is 11.1 Å². The number of hydrogen-bond acceptors (Lipinski definition) is 3. The van der Waals surface area contributed by atoms with Crippen LogP contribution in [-0.2, 0) is 4.79 Å². The van der Waals surface area contributed by atoms with Crippen LogP contribution in [0.5, 0.6) is 0 Å². The highest BCUT2D eigenvalue weighted by atomic mass is 19.4. The molecule has 4 N–H and O–H groups in total. The Balaban J connectivity index is 3.88. The molecule has 1 amide bonds. The van der Waals surface area contributed by atoms with Gasteiger partial charge in [-0.15, -0.1) is 0 Å². The number of nitrogens with zero attached hydrogens (tertiary/aromatic N) is 1. The molecular formula is C8H14F3N3O2. The molecule has 0 aromatic heterocycles. The van der Waals surface area contributed by atoms with Gasteiger partial charge in [-0.25, -0.2) is 0 Å². The van der Waals surface area contributed by atoms with Crippen LogP contribution in [0.2, 0.25) is 0 Å². The number of alkyl halides is 3. The van der Waals surface area contributed by atoms with E-state index in [4.69, 9.17) is 10.9 Å². The highest BCUT2D eigenvalue weighted by molar-refractivity contribution is 5.81. The van der Waals surface area contributed by atoms with Gasteiger partial charge < -0.3 is 16.3 Å². The maximum absolute atomic E-state index is 11.8. The quantitative estimate of drug-likeness (QED) is 0.290. The SMILES string of the molecule is CC(CC(N)=NO)NC(=O)CCC(F)(F)F.